The summed E-state index contributed by atoms with van der Waals surface area (Å²) in [5, 5.41) is 10.5. The van der Waals surface area contributed by atoms with Gasteiger partial charge in [-0.2, -0.15) is 0 Å². The van der Waals surface area contributed by atoms with Crippen LogP contribution < -0.4 is 4.74 Å². The van der Waals surface area contributed by atoms with Gasteiger partial charge in [-0.25, -0.2) is 0 Å². The number of halogens is 1. The van der Waals surface area contributed by atoms with Crippen LogP contribution in [0.5, 0.6) is 5.75 Å². The second-order valence-electron chi connectivity index (χ2n) is 2.36. The maximum atomic E-state index is 10.4. The van der Waals surface area contributed by atoms with E-state index in [0.29, 0.717) is 5.75 Å². The SMILES string of the molecule is C#CCOc1ccc([N+](=O)[O-])cc1Cl. The molecule has 0 spiro atoms. The highest BCUT2D eigenvalue weighted by Gasteiger charge is 2.09. The number of terminal acetylenes is 1. The number of non-ortho nitro benzene ring substituents is 1. The monoisotopic (exact) mass is 211 g/mol. The lowest BCUT2D eigenvalue weighted by molar-refractivity contribution is -0.384. The highest BCUT2D eigenvalue weighted by atomic mass is 35.5. The van der Waals surface area contributed by atoms with E-state index in [0.717, 1.165) is 0 Å². The van der Waals surface area contributed by atoms with Gasteiger partial charge in [0.2, 0.25) is 0 Å². The molecule has 5 heteroatoms. The number of rotatable bonds is 3. The van der Waals surface area contributed by atoms with Crippen LogP contribution >= 0.6 is 11.6 Å². The number of nitrogens with zero attached hydrogens (tertiary/aromatic N) is 1. The molecule has 1 rings (SSSR count). The van der Waals surface area contributed by atoms with E-state index in [1.54, 1.807) is 0 Å². The Bertz CT molecular complexity index is 398. The molecule has 0 aliphatic carbocycles. The van der Waals surface area contributed by atoms with Crippen LogP contribution in [0.1, 0.15) is 0 Å². The minimum absolute atomic E-state index is 0.0805. The Hall–Kier alpha value is -1.73. The molecule has 0 radical (unpaired) electrons. The van der Waals surface area contributed by atoms with Crippen molar-refractivity contribution in [2.75, 3.05) is 6.61 Å². The van der Waals surface area contributed by atoms with Gasteiger partial charge in [0.05, 0.1) is 9.95 Å². The van der Waals surface area contributed by atoms with Gasteiger partial charge in [0.1, 0.15) is 12.4 Å². The van der Waals surface area contributed by atoms with Crippen molar-refractivity contribution in [3.05, 3.63) is 33.3 Å². The van der Waals surface area contributed by atoms with Gasteiger partial charge in [0.25, 0.3) is 5.69 Å². The van der Waals surface area contributed by atoms with E-state index in [4.69, 9.17) is 22.8 Å². The maximum Gasteiger partial charge on any atom is 0.271 e. The normalized spacial score (nSPS) is 9.14. The van der Waals surface area contributed by atoms with Crippen LogP contribution in [0.25, 0.3) is 0 Å². The predicted octanol–water partition coefficient (Wildman–Crippen LogP) is 2.26. The molecule has 0 bridgehead atoms. The summed E-state index contributed by atoms with van der Waals surface area (Å²) in [6.07, 6.45) is 4.98. The van der Waals surface area contributed by atoms with E-state index in [9.17, 15) is 10.1 Å². The topological polar surface area (TPSA) is 52.4 Å². The molecule has 0 saturated carbocycles. The third-order valence-electron chi connectivity index (χ3n) is 1.44. The number of hydrogen-bond donors (Lipinski definition) is 0. The largest absolute Gasteiger partial charge is 0.479 e. The van der Waals surface area contributed by atoms with Crippen LogP contribution in [0, 0.1) is 22.5 Å². The van der Waals surface area contributed by atoms with Crippen LogP contribution in [0.3, 0.4) is 0 Å². The van der Waals surface area contributed by atoms with Crippen LogP contribution in [0.2, 0.25) is 5.02 Å². The molecule has 0 aromatic heterocycles. The van der Waals surface area contributed by atoms with Crippen molar-refractivity contribution < 1.29 is 9.66 Å². The Kier molecular flexibility index (Phi) is 3.32. The lowest BCUT2D eigenvalue weighted by Crippen LogP contribution is -1.95. The maximum absolute atomic E-state index is 10.4. The molecule has 14 heavy (non-hydrogen) atoms. The van der Waals surface area contributed by atoms with E-state index in [-0.39, 0.29) is 17.3 Å². The Morgan fingerprint density at radius 2 is 2.36 bits per heavy atom. The van der Waals surface area contributed by atoms with Crippen molar-refractivity contribution in [2.45, 2.75) is 0 Å². The first-order valence-electron chi connectivity index (χ1n) is 3.65. The van der Waals surface area contributed by atoms with E-state index in [2.05, 4.69) is 5.92 Å². The second-order valence-corrected chi connectivity index (χ2v) is 2.77. The number of nitro benzene ring substituents is 1. The van der Waals surface area contributed by atoms with Gasteiger partial charge in [-0.1, -0.05) is 17.5 Å². The highest BCUT2D eigenvalue weighted by molar-refractivity contribution is 6.32. The van der Waals surface area contributed by atoms with E-state index in [1.165, 1.54) is 18.2 Å². The minimum atomic E-state index is -0.531. The fourth-order valence-corrected chi connectivity index (χ4v) is 1.07. The molecule has 72 valence electrons. The fraction of sp³-hybridized carbons (Fsp3) is 0.111. The van der Waals surface area contributed by atoms with Gasteiger partial charge in [-0.3, -0.25) is 10.1 Å². The van der Waals surface area contributed by atoms with Crippen molar-refractivity contribution in [1.29, 1.82) is 0 Å². The average Bonchev–Trinajstić information content (AvgIpc) is 2.15. The first kappa shape index (κ1) is 10.4. The zero-order valence-corrected chi connectivity index (χ0v) is 7.82. The van der Waals surface area contributed by atoms with Crippen molar-refractivity contribution >= 4 is 17.3 Å². The first-order chi connectivity index (χ1) is 6.65. The molecule has 1 aromatic rings. The molecule has 0 aliphatic heterocycles. The third kappa shape index (κ3) is 2.38. The second kappa shape index (κ2) is 4.49. The molecule has 4 nitrogen and oxygen atoms in total. The summed E-state index contributed by atoms with van der Waals surface area (Å²) in [5.41, 5.74) is -0.0805. The van der Waals surface area contributed by atoms with Crippen LogP contribution in [-0.2, 0) is 0 Å². The van der Waals surface area contributed by atoms with Gasteiger partial charge in [0.15, 0.2) is 0 Å². The molecule has 0 heterocycles. The summed E-state index contributed by atoms with van der Waals surface area (Å²) < 4.78 is 5.03. The molecule has 0 N–H and O–H groups in total. The van der Waals surface area contributed by atoms with Gasteiger partial charge in [0, 0.05) is 12.1 Å². The van der Waals surface area contributed by atoms with Crippen molar-refractivity contribution in [1.82, 2.24) is 0 Å². The lowest BCUT2D eigenvalue weighted by Gasteiger charge is -2.03. The third-order valence-corrected chi connectivity index (χ3v) is 1.73. The summed E-state index contributed by atoms with van der Waals surface area (Å²) in [7, 11) is 0. The van der Waals surface area contributed by atoms with Crippen molar-refractivity contribution in [3.8, 4) is 18.1 Å². The summed E-state index contributed by atoms with van der Waals surface area (Å²) in [6.45, 7) is 0.0809. The number of ether oxygens (including phenoxy) is 1. The van der Waals surface area contributed by atoms with Crippen LogP contribution in [0.4, 0.5) is 5.69 Å². The van der Waals surface area contributed by atoms with Gasteiger partial charge < -0.3 is 4.74 Å². The number of nitro groups is 1. The molecule has 0 atom stereocenters. The average molecular weight is 212 g/mol. The Morgan fingerprint density at radius 1 is 1.64 bits per heavy atom. The number of hydrogen-bond acceptors (Lipinski definition) is 3. The quantitative estimate of drug-likeness (QED) is 0.438. The molecule has 0 saturated heterocycles. The predicted molar refractivity (Wildman–Crippen MR) is 52.4 cm³/mol. The minimum Gasteiger partial charge on any atom is -0.479 e. The van der Waals surface area contributed by atoms with Crippen LogP contribution in [0.15, 0.2) is 18.2 Å². The van der Waals surface area contributed by atoms with Crippen molar-refractivity contribution in [2.24, 2.45) is 0 Å². The zero-order chi connectivity index (χ0) is 10.6. The van der Waals surface area contributed by atoms with Gasteiger partial charge >= 0.3 is 0 Å². The van der Waals surface area contributed by atoms with Crippen molar-refractivity contribution in [3.63, 3.8) is 0 Å². The van der Waals surface area contributed by atoms with E-state index >= 15 is 0 Å². The van der Waals surface area contributed by atoms with Gasteiger partial charge in [-0.05, 0) is 6.07 Å². The van der Waals surface area contributed by atoms with Crippen LogP contribution in [-0.4, -0.2) is 11.5 Å². The fourth-order valence-electron chi connectivity index (χ4n) is 0.840. The molecule has 0 unspecified atom stereocenters. The molecular formula is C9H6ClNO3. The summed E-state index contributed by atoms with van der Waals surface area (Å²) in [6, 6.07) is 3.93. The Morgan fingerprint density at radius 3 is 2.86 bits per heavy atom. The molecule has 0 amide bonds. The lowest BCUT2D eigenvalue weighted by atomic mass is 10.3. The molecule has 0 fully saturated rings. The molecule has 1 aromatic carbocycles. The molecular weight excluding hydrogens is 206 g/mol. The molecule has 0 aliphatic rings. The van der Waals surface area contributed by atoms with E-state index < -0.39 is 4.92 Å². The standard InChI is InChI=1S/C9H6ClNO3/c1-2-5-14-9-4-3-7(11(12)13)6-8(9)10/h1,3-4,6H,5H2. The summed E-state index contributed by atoms with van der Waals surface area (Å²) >= 11 is 5.71. The first-order valence-corrected chi connectivity index (χ1v) is 4.03. The Labute approximate surface area is 85.6 Å². The van der Waals surface area contributed by atoms with Gasteiger partial charge in [-0.15, -0.1) is 6.42 Å². The van der Waals surface area contributed by atoms with E-state index in [1.807, 2.05) is 0 Å². The summed E-state index contributed by atoms with van der Waals surface area (Å²) in [4.78, 5) is 9.82. The zero-order valence-electron chi connectivity index (χ0n) is 7.07. The highest BCUT2D eigenvalue weighted by Crippen LogP contribution is 2.28. The number of benzene rings is 1. The summed E-state index contributed by atoms with van der Waals surface area (Å²) in [5.74, 6) is 2.61. The Balaban J connectivity index is 2.91. The smallest absolute Gasteiger partial charge is 0.271 e.